The fourth-order valence-corrected chi connectivity index (χ4v) is 4.08. The highest BCUT2D eigenvalue weighted by Crippen LogP contribution is 2.38. The molecule has 0 atom stereocenters. The van der Waals surface area contributed by atoms with Gasteiger partial charge in [0.05, 0.1) is 27.4 Å². The van der Waals surface area contributed by atoms with E-state index in [0.29, 0.717) is 10.8 Å². The minimum atomic E-state index is -0.550. The van der Waals surface area contributed by atoms with Gasteiger partial charge in [-0.2, -0.15) is 5.10 Å². The van der Waals surface area contributed by atoms with Crippen LogP contribution in [-0.4, -0.2) is 42.3 Å². The number of halogens is 1. The van der Waals surface area contributed by atoms with Crippen LogP contribution in [0.4, 0.5) is 11.5 Å². The molecule has 1 saturated heterocycles. The summed E-state index contributed by atoms with van der Waals surface area (Å²) < 4.78 is 25.0. The van der Waals surface area contributed by atoms with Gasteiger partial charge in [-0.25, -0.2) is 0 Å². The van der Waals surface area contributed by atoms with Crippen molar-refractivity contribution in [2.75, 3.05) is 19.5 Å². The molecule has 4 rings (SSSR count). The van der Waals surface area contributed by atoms with Crippen molar-refractivity contribution < 1.29 is 18.8 Å². The number of benzene rings is 2. The molecular weight excluding hydrogens is 429 g/mol. The molecule has 0 aliphatic carbocycles. The van der Waals surface area contributed by atoms with Crippen molar-refractivity contribution in [3.8, 4) is 0 Å². The highest BCUT2D eigenvalue weighted by molar-refractivity contribution is 6.66. The van der Waals surface area contributed by atoms with Crippen LogP contribution in [0, 0.1) is 0 Å². The number of rotatable bonds is 6. The third kappa shape index (κ3) is 3.91. The minimum Gasteiger partial charge on any atom is -0.399 e. The lowest BCUT2D eigenvalue weighted by atomic mass is 9.79. The van der Waals surface area contributed by atoms with Gasteiger partial charge in [-0.05, 0) is 45.9 Å². The lowest BCUT2D eigenvalue weighted by Crippen LogP contribution is -2.41. The van der Waals surface area contributed by atoms with Crippen molar-refractivity contribution in [1.29, 1.82) is 0 Å². The summed E-state index contributed by atoms with van der Waals surface area (Å²) in [6, 6.07) is 11.7. The summed E-state index contributed by atoms with van der Waals surface area (Å²) in [4.78, 5) is 0. The van der Waals surface area contributed by atoms with E-state index in [1.807, 2.05) is 75.8 Å². The molecule has 0 bridgehead atoms. The van der Waals surface area contributed by atoms with Crippen LogP contribution in [0.3, 0.4) is 0 Å². The van der Waals surface area contributed by atoms with Crippen LogP contribution < -0.4 is 10.8 Å². The number of nitrogens with zero attached hydrogens (tertiary/aromatic N) is 2. The maximum Gasteiger partial charge on any atom is 0.496 e. The van der Waals surface area contributed by atoms with Gasteiger partial charge in [0.1, 0.15) is 0 Å². The average Bonchev–Trinajstić information content (AvgIpc) is 3.16. The summed E-state index contributed by atoms with van der Waals surface area (Å²) in [6.07, 6.45) is -0.456. The highest BCUT2D eigenvalue weighted by atomic mass is 35.5. The number of nitrogens with one attached hydrogen (secondary N) is 1. The Labute approximate surface area is 194 Å². The lowest BCUT2D eigenvalue weighted by molar-refractivity contribution is -0.105. The summed E-state index contributed by atoms with van der Waals surface area (Å²) in [6.45, 7) is 8.09. The molecule has 2 aromatic carbocycles. The van der Waals surface area contributed by atoms with Gasteiger partial charge in [-0.15, -0.1) is 0 Å². The predicted octanol–water partition coefficient (Wildman–Crippen LogP) is 4.56. The standard InChI is InChI=1S/C23H29BClN3O4/c1-22(2)23(3,4)32-24(31-22)16-9-8-10-17(19(16)25)26-20-15-13-14(21(29-6)30-7)11-12-18(15)28(5)27-20/h8-13,21H,1-7H3,(H,26,27). The molecule has 1 fully saturated rings. The Bertz CT molecular complexity index is 1130. The van der Waals surface area contributed by atoms with Gasteiger partial charge < -0.3 is 24.1 Å². The Kier molecular flexibility index (Phi) is 6.02. The van der Waals surface area contributed by atoms with Crippen molar-refractivity contribution in [2.45, 2.75) is 45.2 Å². The van der Waals surface area contributed by atoms with Crippen molar-refractivity contribution in [2.24, 2.45) is 7.05 Å². The van der Waals surface area contributed by atoms with E-state index >= 15 is 0 Å². The quantitative estimate of drug-likeness (QED) is 0.432. The molecule has 3 aromatic rings. The van der Waals surface area contributed by atoms with Crippen molar-refractivity contribution >= 4 is 46.6 Å². The number of aromatic nitrogens is 2. The van der Waals surface area contributed by atoms with Gasteiger partial charge in [-0.3, -0.25) is 4.68 Å². The molecule has 1 N–H and O–H groups in total. The Balaban J connectivity index is 1.70. The molecule has 32 heavy (non-hydrogen) atoms. The Morgan fingerprint density at radius 2 is 1.72 bits per heavy atom. The summed E-state index contributed by atoms with van der Waals surface area (Å²) in [5.41, 5.74) is 2.47. The number of methoxy groups -OCH3 is 2. The first-order valence-corrected chi connectivity index (χ1v) is 10.9. The second kappa shape index (κ2) is 8.35. The zero-order valence-corrected chi connectivity index (χ0v) is 20.3. The van der Waals surface area contributed by atoms with E-state index in [2.05, 4.69) is 10.4 Å². The summed E-state index contributed by atoms with van der Waals surface area (Å²) in [5, 5.41) is 9.51. The summed E-state index contributed by atoms with van der Waals surface area (Å²) in [5.74, 6) is 0.684. The molecule has 1 aromatic heterocycles. The molecule has 9 heteroatoms. The third-order valence-electron chi connectivity index (χ3n) is 6.36. The van der Waals surface area contributed by atoms with Gasteiger partial charge >= 0.3 is 7.12 Å². The fourth-order valence-electron chi connectivity index (χ4n) is 3.82. The molecule has 1 aliphatic heterocycles. The Morgan fingerprint density at radius 1 is 1.06 bits per heavy atom. The van der Waals surface area contributed by atoms with Crippen molar-refractivity contribution in [3.63, 3.8) is 0 Å². The van der Waals surface area contributed by atoms with Gasteiger partial charge in [0.15, 0.2) is 12.1 Å². The van der Waals surface area contributed by atoms with Crippen LogP contribution in [0.1, 0.15) is 39.5 Å². The topological polar surface area (TPSA) is 66.8 Å². The molecule has 0 spiro atoms. The maximum atomic E-state index is 6.81. The normalized spacial score (nSPS) is 17.5. The summed E-state index contributed by atoms with van der Waals surface area (Å²) in [7, 11) is 4.58. The molecule has 0 saturated carbocycles. The number of anilines is 2. The SMILES string of the molecule is COC(OC)c1ccc2c(c1)c(Nc1cccc(B3OC(C)(C)C(C)(C)O3)c1Cl)nn2C. The summed E-state index contributed by atoms with van der Waals surface area (Å²) >= 11 is 6.81. The van der Waals surface area contributed by atoms with Crippen molar-refractivity contribution in [1.82, 2.24) is 9.78 Å². The maximum absolute atomic E-state index is 6.81. The monoisotopic (exact) mass is 457 g/mol. The second-order valence-electron chi connectivity index (χ2n) is 8.97. The number of hydrogen-bond acceptors (Lipinski definition) is 6. The van der Waals surface area contributed by atoms with E-state index in [-0.39, 0.29) is 0 Å². The first-order valence-electron chi connectivity index (χ1n) is 10.5. The van der Waals surface area contributed by atoms with Crippen molar-refractivity contribution in [3.05, 3.63) is 47.0 Å². The zero-order chi connectivity index (χ0) is 23.3. The van der Waals surface area contributed by atoms with Crippen LogP contribution in [0.2, 0.25) is 5.02 Å². The number of hydrogen-bond donors (Lipinski definition) is 1. The van der Waals surface area contributed by atoms with Crippen LogP contribution in [0.5, 0.6) is 0 Å². The van der Waals surface area contributed by atoms with E-state index in [1.54, 1.807) is 14.2 Å². The van der Waals surface area contributed by atoms with Crippen LogP contribution in [0.25, 0.3) is 10.9 Å². The third-order valence-corrected chi connectivity index (χ3v) is 6.79. The van der Waals surface area contributed by atoms with Gasteiger partial charge in [0.25, 0.3) is 0 Å². The average molecular weight is 458 g/mol. The predicted molar refractivity (Wildman–Crippen MR) is 128 cm³/mol. The smallest absolute Gasteiger partial charge is 0.399 e. The van der Waals surface area contributed by atoms with E-state index in [9.17, 15) is 0 Å². The van der Waals surface area contributed by atoms with E-state index < -0.39 is 24.6 Å². The molecule has 2 heterocycles. The molecule has 170 valence electrons. The molecule has 0 amide bonds. The molecule has 0 unspecified atom stereocenters. The zero-order valence-electron chi connectivity index (χ0n) is 19.5. The van der Waals surface area contributed by atoms with E-state index in [4.69, 9.17) is 30.4 Å². The first kappa shape index (κ1) is 23.1. The number of fused-ring (bicyclic) bond motifs is 1. The number of ether oxygens (including phenoxy) is 2. The Morgan fingerprint density at radius 3 is 2.34 bits per heavy atom. The minimum absolute atomic E-state index is 0.447. The largest absolute Gasteiger partial charge is 0.496 e. The van der Waals surface area contributed by atoms with Crippen LogP contribution >= 0.6 is 11.6 Å². The second-order valence-corrected chi connectivity index (χ2v) is 9.35. The fraction of sp³-hybridized carbons (Fsp3) is 0.435. The van der Waals surface area contributed by atoms with Gasteiger partial charge in [0.2, 0.25) is 0 Å². The highest BCUT2D eigenvalue weighted by Gasteiger charge is 2.52. The molecule has 0 radical (unpaired) electrons. The first-order chi connectivity index (χ1) is 15.1. The van der Waals surface area contributed by atoms with E-state index in [0.717, 1.165) is 27.6 Å². The molecule has 7 nitrogen and oxygen atoms in total. The van der Waals surface area contributed by atoms with E-state index in [1.165, 1.54) is 0 Å². The van der Waals surface area contributed by atoms with Gasteiger partial charge in [-0.1, -0.05) is 29.8 Å². The Hall–Kier alpha value is -2.10. The lowest BCUT2D eigenvalue weighted by Gasteiger charge is -2.32. The van der Waals surface area contributed by atoms with Gasteiger partial charge in [0, 0.05) is 37.7 Å². The number of aryl methyl sites for hydroxylation is 1. The van der Waals surface area contributed by atoms with Crippen LogP contribution in [-0.2, 0) is 25.8 Å². The van der Waals surface area contributed by atoms with Crippen LogP contribution in [0.15, 0.2) is 36.4 Å². The molecular formula is C23H29BClN3O4. The molecule has 1 aliphatic rings.